The van der Waals surface area contributed by atoms with Crippen LogP contribution in [-0.2, 0) is 4.79 Å². The van der Waals surface area contributed by atoms with Gasteiger partial charge in [0.15, 0.2) is 6.10 Å². The average Bonchev–Trinajstić information content (AvgIpc) is 2.38. The summed E-state index contributed by atoms with van der Waals surface area (Å²) in [7, 11) is 0. The van der Waals surface area contributed by atoms with Crippen LogP contribution in [0.4, 0.5) is 0 Å². The number of benzene rings is 1. The highest BCUT2D eigenvalue weighted by atomic mass is 32.2. The van der Waals surface area contributed by atoms with Crippen LogP contribution in [0.3, 0.4) is 0 Å². The minimum absolute atomic E-state index is 0.329. The smallest absolute Gasteiger partial charge is 0.253 e. The molecule has 1 aromatic rings. The molecule has 0 saturated heterocycles. The van der Waals surface area contributed by atoms with Crippen LogP contribution < -0.4 is 5.32 Å². The van der Waals surface area contributed by atoms with Gasteiger partial charge in [0, 0.05) is 11.8 Å². The zero-order chi connectivity index (χ0) is 12.7. The number of carbonyl (C=O) groups excluding carboxylic acids is 1. The molecule has 1 rings (SSSR count). The van der Waals surface area contributed by atoms with E-state index >= 15 is 0 Å². The van der Waals surface area contributed by atoms with Crippen LogP contribution in [-0.4, -0.2) is 29.1 Å². The van der Waals surface area contributed by atoms with Gasteiger partial charge in [-0.15, -0.1) is 0 Å². The van der Waals surface area contributed by atoms with Crippen molar-refractivity contribution in [2.24, 2.45) is 0 Å². The molecule has 2 atom stereocenters. The average molecular weight is 253 g/mol. The largest absolute Gasteiger partial charge is 0.378 e. The fourth-order valence-corrected chi connectivity index (χ4v) is 1.75. The van der Waals surface area contributed by atoms with Crippen molar-refractivity contribution in [2.75, 3.05) is 12.8 Å². The van der Waals surface area contributed by atoms with Gasteiger partial charge < -0.3 is 10.4 Å². The van der Waals surface area contributed by atoms with Crippen LogP contribution in [0.15, 0.2) is 30.3 Å². The number of nitrogens with one attached hydrogen (secondary N) is 1. The summed E-state index contributed by atoms with van der Waals surface area (Å²) in [6.45, 7) is 2.72. The van der Waals surface area contributed by atoms with Gasteiger partial charge in [0.05, 0.1) is 0 Å². The second-order valence-corrected chi connectivity index (χ2v) is 5.22. The number of aliphatic hydroxyl groups excluding tert-OH is 1. The Kier molecular flexibility index (Phi) is 6.08. The number of thioether (sulfide) groups is 1. The summed E-state index contributed by atoms with van der Waals surface area (Å²) in [6.07, 6.45) is 1.89. The molecule has 0 fully saturated rings. The monoisotopic (exact) mass is 253 g/mol. The van der Waals surface area contributed by atoms with Crippen LogP contribution in [0.25, 0.3) is 0 Å². The molecule has 0 heterocycles. The molecule has 0 unspecified atom stereocenters. The van der Waals surface area contributed by atoms with Gasteiger partial charge in [0.25, 0.3) is 5.91 Å². The summed E-state index contributed by atoms with van der Waals surface area (Å²) in [5.41, 5.74) is 0.628. The van der Waals surface area contributed by atoms with E-state index in [1.807, 2.05) is 24.5 Å². The third kappa shape index (κ3) is 4.79. The predicted octanol–water partition coefficient (Wildman–Crippen LogP) is 1.98. The van der Waals surface area contributed by atoms with Crippen molar-refractivity contribution in [3.8, 4) is 0 Å². The molecule has 2 N–H and O–H groups in total. The van der Waals surface area contributed by atoms with Gasteiger partial charge in [-0.3, -0.25) is 4.79 Å². The molecule has 0 aromatic heterocycles. The molecule has 0 bridgehead atoms. The lowest BCUT2D eigenvalue weighted by Crippen LogP contribution is -2.31. The van der Waals surface area contributed by atoms with E-state index in [1.54, 1.807) is 23.9 Å². The maximum Gasteiger partial charge on any atom is 0.253 e. The predicted molar refractivity (Wildman–Crippen MR) is 72.0 cm³/mol. The first kappa shape index (κ1) is 14.1. The van der Waals surface area contributed by atoms with Crippen molar-refractivity contribution in [1.29, 1.82) is 0 Å². The molecule has 0 spiro atoms. The van der Waals surface area contributed by atoms with E-state index in [4.69, 9.17) is 0 Å². The molecule has 1 aromatic carbocycles. The number of hydrogen-bond donors (Lipinski definition) is 2. The van der Waals surface area contributed by atoms with Crippen molar-refractivity contribution in [2.45, 2.75) is 24.7 Å². The standard InChI is InChI=1S/C13H19NO2S/c1-10(17-2)8-9-14-13(16)12(15)11-6-4-3-5-7-11/h3-7,10,12,15H,8-9H2,1-2H3,(H,14,16)/t10-,12+/m1/s1. The zero-order valence-electron chi connectivity index (χ0n) is 10.2. The second-order valence-electron chi connectivity index (χ2n) is 3.94. The Labute approximate surface area is 107 Å². The Morgan fingerprint density at radius 3 is 2.65 bits per heavy atom. The van der Waals surface area contributed by atoms with E-state index in [1.165, 1.54) is 0 Å². The first-order chi connectivity index (χ1) is 8.15. The quantitative estimate of drug-likeness (QED) is 0.815. The third-order valence-electron chi connectivity index (χ3n) is 2.62. The minimum Gasteiger partial charge on any atom is -0.378 e. The van der Waals surface area contributed by atoms with E-state index in [0.717, 1.165) is 6.42 Å². The fourth-order valence-electron chi connectivity index (χ4n) is 1.40. The molecular weight excluding hydrogens is 234 g/mol. The van der Waals surface area contributed by atoms with Crippen molar-refractivity contribution in [3.05, 3.63) is 35.9 Å². The first-order valence-corrected chi connectivity index (χ1v) is 6.97. The number of hydrogen-bond acceptors (Lipinski definition) is 3. The minimum atomic E-state index is -1.07. The molecular formula is C13H19NO2S. The molecule has 0 aliphatic heterocycles. The summed E-state index contributed by atoms with van der Waals surface area (Å²) < 4.78 is 0. The number of carbonyl (C=O) groups is 1. The topological polar surface area (TPSA) is 49.3 Å². The molecule has 3 nitrogen and oxygen atoms in total. The summed E-state index contributed by atoms with van der Waals surface area (Å²) in [5, 5.41) is 13.1. The fraction of sp³-hybridized carbons (Fsp3) is 0.462. The highest BCUT2D eigenvalue weighted by molar-refractivity contribution is 7.99. The molecule has 0 radical (unpaired) electrons. The highest BCUT2D eigenvalue weighted by Gasteiger charge is 2.16. The molecule has 0 aliphatic carbocycles. The lowest BCUT2D eigenvalue weighted by atomic mass is 10.1. The Balaban J connectivity index is 2.38. The summed E-state index contributed by atoms with van der Waals surface area (Å²) in [6, 6.07) is 8.96. The van der Waals surface area contributed by atoms with Gasteiger partial charge in [-0.2, -0.15) is 11.8 Å². The van der Waals surface area contributed by atoms with Crippen molar-refractivity contribution in [1.82, 2.24) is 5.32 Å². The Morgan fingerprint density at radius 2 is 2.06 bits per heavy atom. The zero-order valence-corrected chi connectivity index (χ0v) is 11.0. The van der Waals surface area contributed by atoms with Crippen molar-refractivity contribution >= 4 is 17.7 Å². The third-order valence-corrected chi connectivity index (χ3v) is 3.66. The number of aliphatic hydroxyl groups is 1. The van der Waals surface area contributed by atoms with E-state index in [9.17, 15) is 9.90 Å². The SMILES string of the molecule is CS[C@H](C)CCNC(=O)[C@@H](O)c1ccccc1. The molecule has 17 heavy (non-hydrogen) atoms. The number of rotatable bonds is 6. The van der Waals surface area contributed by atoms with Gasteiger partial charge in [-0.1, -0.05) is 37.3 Å². The van der Waals surface area contributed by atoms with Crippen LogP contribution in [0.1, 0.15) is 25.0 Å². The van der Waals surface area contributed by atoms with Crippen LogP contribution in [0.2, 0.25) is 0 Å². The summed E-state index contributed by atoms with van der Waals surface area (Å²) in [4.78, 5) is 11.6. The number of amides is 1. The van der Waals surface area contributed by atoms with Gasteiger partial charge in [0.2, 0.25) is 0 Å². The molecule has 94 valence electrons. The summed E-state index contributed by atoms with van der Waals surface area (Å²) in [5.74, 6) is -0.329. The molecule has 0 saturated carbocycles. The molecule has 4 heteroatoms. The van der Waals surface area contributed by atoms with E-state index in [2.05, 4.69) is 12.2 Å². The Morgan fingerprint density at radius 1 is 1.41 bits per heavy atom. The lowest BCUT2D eigenvalue weighted by Gasteiger charge is -2.13. The van der Waals surface area contributed by atoms with E-state index in [0.29, 0.717) is 17.4 Å². The first-order valence-electron chi connectivity index (χ1n) is 5.68. The van der Waals surface area contributed by atoms with Crippen molar-refractivity contribution in [3.63, 3.8) is 0 Å². The van der Waals surface area contributed by atoms with Gasteiger partial charge >= 0.3 is 0 Å². The van der Waals surface area contributed by atoms with E-state index < -0.39 is 6.10 Å². The molecule has 1 amide bonds. The summed E-state index contributed by atoms with van der Waals surface area (Å²) >= 11 is 1.77. The van der Waals surface area contributed by atoms with Gasteiger partial charge in [0.1, 0.15) is 0 Å². The Bertz CT molecular complexity index is 343. The van der Waals surface area contributed by atoms with E-state index in [-0.39, 0.29) is 5.91 Å². The van der Waals surface area contributed by atoms with Crippen LogP contribution in [0.5, 0.6) is 0 Å². The van der Waals surface area contributed by atoms with Gasteiger partial charge in [-0.25, -0.2) is 0 Å². The highest BCUT2D eigenvalue weighted by Crippen LogP contribution is 2.12. The lowest BCUT2D eigenvalue weighted by molar-refractivity contribution is -0.129. The van der Waals surface area contributed by atoms with Gasteiger partial charge in [-0.05, 0) is 18.2 Å². The maximum absolute atomic E-state index is 11.6. The van der Waals surface area contributed by atoms with Crippen LogP contribution >= 0.6 is 11.8 Å². The van der Waals surface area contributed by atoms with Crippen molar-refractivity contribution < 1.29 is 9.90 Å². The molecule has 0 aliphatic rings. The maximum atomic E-state index is 11.6. The second kappa shape index (κ2) is 7.35. The Hall–Kier alpha value is -1.00. The normalized spacial score (nSPS) is 14.1. The van der Waals surface area contributed by atoms with Crippen LogP contribution in [0, 0.1) is 0 Å².